The fourth-order valence-corrected chi connectivity index (χ4v) is 1.47. The quantitative estimate of drug-likeness (QED) is 0.655. The first kappa shape index (κ1) is 14.1. The predicted molar refractivity (Wildman–Crippen MR) is 69.2 cm³/mol. The molecule has 1 unspecified atom stereocenters. The molecule has 0 saturated heterocycles. The van der Waals surface area contributed by atoms with Gasteiger partial charge in [-0.15, -0.1) is 5.10 Å². The van der Waals surface area contributed by atoms with Crippen LogP contribution in [0.3, 0.4) is 0 Å². The largest absolute Gasteiger partial charge is 0.393 e. The molecule has 1 heterocycles. The van der Waals surface area contributed by atoms with E-state index >= 15 is 0 Å². The second kappa shape index (κ2) is 5.76. The highest BCUT2D eigenvalue weighted by Crippen LogP contribution is 2.08. The average Bonchev–Trinajstić information content (AvgIpc) is 2.99. The first-order valence-electron chi connectivity index (χ1n) is 5.97. The lowest BCUT2D eigenvalue weighted by Crippen LogP contribution is -2.43. The van der Waals surface area contributed by atoms with Crippen LogP contribution in [0.4, 0.5) is 0 Å². The minimum atomic E-state index is -1.33. The summed E-state index contributed by atoms with van der Waals surface area (Å²) in [7, 11) is 0. The zero-order chi connectivity index (χ0) is 14.6. The summed E-state index contributed by atoms with van der Waals surface area (Å²) in [6.45, 7) is 0.983. The Balaban J connectivity index is 2.01. The molecular weight excluding hydrogens is 262 g/mol. The number of nitrogens with one attached hydrogen (secondary N) is 1. The number of benzene rings is 1. The van der Waals surface area contributed by atoms with Gasteiger partial charge in [0.1, 0.15) is 11.9 Å². The molecule has 0 aliphatic carbocycles. The SMILES string of the molecule is CC(O)(CO)CNC(=O)c1ccc(-n2cnnn2)cc1. The van der Waals surface area contributed by atoms with E-state index in [0.717, 1.165) is 5.69 Å². The summed E-state index contributed by atoms with van der Waals surface area (Å²) in [5.41, 5.74) is -0.161. The lowest BCUT2D eigenvalue weighted by molar-refractivity contribution is 0.00320. The Morgan fingerprint density at radius 1 is 1.40 bits per heavy atom. The number of carbonyl (C=O) groups is 1. The molecule has 20 heavy (non-hydrogen) atoms. The van der Waals surface area contributed by atoms with E-state index in [1.165, 1.54) is 17.9 Å². The monoisotopic (exact) mass is 277 g/mol. The summed E-state index contributed by atoms with van der Waals surface area (Å²) in [6.07, 6.45) is 1.45. The van der Waals surface area contributed by atoms with Crippen molar-refractivity contribution in [3.05, 3.63) is 36.2 Å². The molecule has 1 aromatic heterocycles. The molecule has 2 aromatic rings. The van der Waals surface area contributed by atoms with E-state index in [9.17, 15) is 9.90 Å². The van der Waals surface area contributed by atoms with Crippen molar-refractivity contribution in [2.45, 2.75) is 12.5 Å². The molecule has 2 rings (SSSR count). The van der Waals surface area contributed by atoms with Crippen LogP contribution in [-0.2, 0) is 0 Å². The fraction of sp³-hybridized carbons (Fsp3) is 0.333. The molecule has 0 aliphatic heterocycles. The summed E-state index contributed by atoms with van der Waals surface area (Å²) in [6, 6.07) is 6.66. The van der Waals surface area contributed by atoms with E-state index in [-0.39, 0.29) is 12.5 Å². The number of tetrazole rings is 1. The number of aliphatic hydroxyl groups is 2. The van der Waals surface area contributed by atoms with Crippen molar-refractivity contribution in [1.29, 1.82) is 0 Å². The number of rotatable bonds is 5. The summed E-state index contributed by atoms with van der Waals surface area (Å²) in [4.78, 5) is 11.9. The number of nitrogens with zero attached hydrogens (tertiary/aromatic N) is 4. The Labute approximate surface area is 115 Å². The van der Waals surface area contributed by atoms with Gasteiger partial charge in [-0.2, -0.15) is 0 Å². The number of carbonyl (C=O) groups excluding carboxylic acids is 1. The van der Waals surface area contributed by atoms with E-state index in [1.54, 1.807) is 24.3 Å². The number of aromatic nitrogens is 4. The van der Waals surface area contributed by atoms with Gasteiger partial charge in [-0.05, 0) is 41.6 Å². The van der Waals surface area contributed by atoms with Gasteiger partial charge >= 0.3 is 0 Å². The lowest BCUT2D eigenvalue weighted by atomic mass is 10.1. The third-order valence-electron chi connectivity index (χ3n) is 2.71. The van der Waals surface area contributed by atoms with Gasteiger partial charge in [0, 0.05) is 12.1 Å². The van der Waals surface area contributed by atoms with E-state index in [1.807, 2.05) is 0 Å². The second-order valence-electron chi connectivity index (χ2n) is 4.64. The van der Waals surface area contributed by atoms with E-state index in [2.05, 4.69) is 20.8 Å². The van der Waals surface area contributed by atoms with Crippen molar-refractivity contribution in [1.82, 2.24) is 25.5 Å². The maximum atomic E-state index is 11.9. The zero-order valence-electron chi connectivity index (χ0n) is 10.9. The zero-order valence-corrected chi connectivity index (χ0v) is 10.9. The van der Waals surface area contributed by atoms with Crippen molar-refractivity contribution in [2.24, 2.45) is 0 Å². The van der Waals surface area contributed by atoms with Crippen molar-refractivity contribution >= 4 is 5.91 Å². The van der Waals surface area contributed by atoms with Crippen LogP contribution in [0, 0.1) is 0 Å². The van der Waals surface area contributed by atoms with Gasteiger partial charge in [-0.3, -0.25) is 4.79 Å². The van der Waals surface area contributed by atoms with Gasteiger partial charge in [0.2, 0.25) is 0 Å². The maximum absolute atomic E-state index is 11.9. The lowest BCUT2D eigenvalue weighted by Gasteiger charge is -2.20. The minimum absolute atomic E-state index is 0.0307. The normalized spacial score (nSPS) is 13.8. The highest BCUT2D eigenvalue weighted by Gasteiger charge is 2.20. The summed E-state index contributed by atoms with van der Waals surface area (Å²) in [5.74, 6) is -0.331. The molecule has 1 atom stereocenters. The van der Waals surface area contributed by atoms with E-state index in [4.69, 9.17) is 5.11 Å². The third-order valence-corrected chi connectivity index (χ3v) is 2.71. The maximum Gasteiger partial charge on any atom is 0.251 e. The highest BCUT2D eigenvalue weighted by molar-refractivity contribution is 5.94. The molecule has 0 fully saturated rings. The first-order chi connectivity index (χ1) is 9.52. The Morgan fingerprint density at radius 2 is 2.10 bits per heavy atom. The minimum Gasteiger partial charge on any atom is -0.393 e. The summed E-state index contributed by atoms with van der Waals surface area (Å²) in [5, 5.41) is 31.8. The number of amides is 1. The molecule has 1 amide bonds. The Kier molecular flexibility index (Phi) is 4.06. The molecule has 8 heteroatoms. The molecule has 3 N–H and O–H groups in total. The topological polar surface area (TPSA) is 113 Å². The van der Waals surface area contributed by atoms with Gasteiger partial charge in [0.25, 0.3) is 5.91 Å². The molecule has 8 nitrogen and oxygen atoms in total. The number of hydrogen-bond donors (Lipinski definition) is 3. The van der Waals surface area contributed by atoms with Gasteiger partial charge in [-0.25, -0.2) is 4.68 Å². The molecule has 0 radical (unpaired) electrons. The predicted octanol–water partition coefficient (Wildman–Crippen LogP) is -0.865. The summed E-state index contributed by atoms with van der Waals surface area (Å²) < 4.78 is 1.47. The Bertz CT molecular complexity index is 565. The molecule has 0 spiro atoms. The van der Waals surface area contributed by atoms with Crippen LogP contribution < -0.4 is 5.32 Å². The third kappa shape index (κ3) is 3.37. The van der Waals surface area contributed by atoms with Crippen LogP contribution in [0.25, 0.3) is 5.69 Å². The van der Waals surface area contributed by atoms with Crippen LogP contribution in [0.1, 0.15) is 17.3 Å². The average molecular weight is 277 g/mol. The van der Waals surface area contributed by atoms with Crippen LogP contribution in [0.15, 0.2) is 30.6 Å². The van der Waals surface area contributed by atoms with Crippen molar-refractivity contribution < 1.29 is 15.0 Å². The van der Waals surface area contributed by atoms with Gasteiger partial charge < -0.3 is 15.5 Å². The Hall–Kier alpha value is -2.32. The number of aliphatic hydroxyl groups excluding tert-OH is 1. The van der Waals surface area contributed by atoms with Crippen LogP contribution >= 0.6 is 0 Å². The van der Waals surface area contributed by atoms with Crippen molar-refractivity contribution in [2.75, 3.05) is 13.2 Å². The summed E-state index contributed by atoms with van der Waals surface area (Å²) >= 11 is 0. The van der Waals surface area contributed by atoms with Gasteiger partial charge in [-0.1, -0.05) is 0 Å². The standard InChI is InChI=1S/C12H15N5O3/c1-12(20,7-18)6-13-11(19)9-2-4-10(5-3-9)17-8-14-15-16-17/h2-5,8,18,20H,6-7H2,1H3,(H,13,19). The van der Waals surface area contributed by atoms with Crippen LogP contribution in [-0.4, -0.2) is 55.1 Å². The van der Waals surface area contributed by atoms with Crippen molar-refractivity contribution in [3.63, 3.8) is 0 Å². The van der Waals surface area contributed by atoms with Gasteiger partial charge in [0.15, 0.2) is 0 Å². The molecule has 1 aromatic carbocycles. The molecule has 0 aliphatic rings. The van der Waals surface area contributed by atoms with Crippen LogP contribution in [0.5, 0.6) is 0 Å². The molecule has 0 bridgehead atoms. The second-order valence-corrected chi connectivity index (χ2v) is 4.64. The molecule has 0 saturated carbocycles. The fourth-order valence-electron chi connectivity index (χ4n) is 1.47. The van der Waals surface area contributed by atoms with Crippen LogP contribution in [0.2, 0.25) is 0 Å². The van der Waals surface area contributed by atoms with Crippen molar-refractivity contribution in [3.8, 4) is 5.69 Å². The van der Waals surface area contributed by atoms with Gasteiger partial charge in [0.05, 0.1) is 12.3 Å². The number of hydrogen-bond acceptors (Lipinski definition) is 6. The molecular formula is C12H15N5O3. The smallest absolute Gasteiger partial charge is 0.251 e. The van der Waals surface area contributed by atoms with E-state index < -0.39 is 12.2 Å². The highest BCUT2D eigenvalue weighted by atomic mass is 16.3. The Morgan fingerprint density at radius 3 is 2.65 bits per heavy atom. The first-order valence-corrected chi connectivity index (χ1v) is 5.97. The van der Waals surface area contributed by atoms with E-state index in [0.29, 0.717) is 5.56 Å². The molecule has 106 valence electrons.